The van der Waals surface area contributed by atoms with Crippen molar-refractivity contribution >= 4 is 23.3 Å². The fourth-order valence-corrected chi connectivity index (χ4v) is 3.11. The van der Waals surface area contributed by atoms with Gasteiger partial charge in [0.2, 0.25) is 0 Å². The second-order valence-corrected chi connectivity index (χ2v) is 5.85. The molecule has 0 amide bonds. The highest BCUT2D eigenvalue weighted by atomic mass is 32.2. The van der Waals surface area contributed by atoms with Crippen LogP contribution in [0.2, 0.25) is 0 Å². The predicted molar refractivity (Wildman–Crippen MR) is 95.4 cm³/mol. The summed E-state index contributed by atoms with van der Waals surface area (Å²) in [5.74, 6) is 2.25. The van der Waals surface area contributed by atoms with Crippen LogP contribution >= 0.6 is 11.8 Å². The minimum Gasteiger partial charge on any atom is -0.493 e. The van der Waals surface area contributed by atoms with Crippen LogP contribution in [0.15, 0.2) is 53.6 Å². The highest BCUT2D eigenvalue weighted by molar-refractivity contribution is 7.99. The maximum absolute atomic E-state index is 5.41. The monoisotopic (exact) mass is 329 g/mol. The van der Waals surface area contributed by atoms with Crippen molar-refractivity contribution < 1.29 is 9.47 Å². The first-order chi connectivity index (χ1) is 11.3. The highest BCUT2D eigenvalue weighted by Crippen LogP contribution is 2.31. The Morgan fingerprint density at radius 1 is 1.04 bits per heavy atom. The van der Waals surface area contributed by atoms with Gasteiger partial charge in [0.05, 0.1) is 14.2 Å². The molecule has 23 heavy (non-hydrogen) atoms. The van der Waals surface area contributed by atoms with Gasteiger partial charge in [-0.1, -0.05) is 18.2 Å². The Hall–Kier alpha value is -2.34. The largest absolute Gasteiger partial charge is 0.493 e. The summed E-state index contributed by atoms with van der Waals surface area (Å²) in [6.07, 6.45) is 2.06. The normalized spacial score (nSPS) is 16.7. The van der Waals surface area contributed by atoms with Crippen molar-refractivity contribution in [2.75, 3.05) is 25.4 Å². The summed E-state index contributed by atoms with van der Waals surface area (Å²) in [4.78, 5) is 2.17. The highest BCUT2D eigenvalue weighted by Gasteiger charge is 2.29. The van der Waals surface area contributed by atoms with E-state index >= 15 is 0 Å². The molecule has 1 atom stereocenters. The van der Waals surface area contributed by atoms with E-state index in [1.807, 2.05) is 36.4 Å². The average molecular weight is 329 g/mol. The summed E-state index contributed by atoms with van der Waals surface area (Å²) in [6, 6.07) is 16.0. The maximum Gasteiger partial charge on any atom is 0.168 e. The van der Waals surface area contributed by atoms with Crippen molar-refractivity contribution in [1.82, 2.24) is 5.43 Å². The van der Waals surface area contributed by atoms with Crippen LogP contribution in [0, 0.1) is 0 Å². The molecule has 0 spiro atoms. The lowest BCUT2D eigenvalue weighted by atomic mass is 10.1. The number of benzene rings is 2. The summed E-state index contributed by atoms with van der Waals surface area (Å²) in [7, 11) is 3.27. The quantitative estimate of drug-likeness (QED) is 0.913. The standard InChI is InChI=1S/C17H19N3O2S/c1-21-14-10-9-12(11-15(14)22-2)16-18-19-17(23-3)20(16)13-7-5-4-6-8-13/h4-11,17,19H,1-3H3. The fourth-order valence-electron chi connectivity index (χ4n) is 2.52. The van der Waals surface area contributed by atoms with E-state index in [0.717, 1.165) is 17.1 Å². The van der Waals surface area contributed by atoms with E-state index in [-0.39, 0.29) is 5.50 Å². The zero-order valence-corrected chi connectivity index (χ0v) is 14.1. The van der Waals surface area contributed by atoms with Gasteiger partial charge in [0.1, 0.15) is 0 Å². The summed E-state index contributed by atoms with van der Waals surface area (Å²) in [6.45, 7) is 0. The Labute approximate surface area is 140 Å². The van der Waals surface area contributed by atoms with E-state index < -0.39 is 0 Å². The third-order valence-electron chi connectivity index (χ3n) is 3.64. The minimum atomic E-state index is 0.0560. The number of nitrogens with one attached hydrogen (secondary N) is 1. The lowest BCUT2D eigenvalue weighted by Crippen LogP contribution is -2.38. The first kappa shape index (κ1) is 15.6. The van der Waals surface area contributed by atoms with Crippen molar-refractivity contribution in [2.45, 2.75) is 5.50 Å². The zero-order chi connectivity index (χ0) is 16.2. The topological polar surface area (TPSA) is 46.1 Å². The van der Waals surface area contributed by atoms with Crippen molar-refractivity contribution in [1.29, 1.82) is 0 Å². The molecule has 1 aliphatic heterocycles. The number of thioether (sulfide) groups is 1. The lowest BCUT2D eigenvalue weighted by molar-refractivity contribution is 0.355. The number of nitrogens with zero attached hydrogens (tertiary/aromatic N) is 2. The predicted octanol–water partition coefficient (Wildman–Crippen LogP) is 3.12. The first-order valence-corrected chi connectivity index (χ1v) is 8.50. The smallest absolute Gasteiger partial charge is 0.168 e. The number of rotatable bonds is 5. The molecule has 1 unspecified atom stereocenters. The summed E-state index contributed by atoms with van der Waals surface area (Å²) >= 11 is 1.70. The minimum absolute atomic E-state index is 0.0560. The maximum atomic E-state index is 5.41. The van der Waals surface area contributed by atoms with Gasteiger partial charge in [0, 0.05) is 11.3 Å². The van der Waals surface area contributed by atoms with Crippen LogP contribution in [0.3, 0.4) is 0 Å². The van der Waals surface area contributed by atoms with Gasteiger partial charge in [-0.2, -0.15) is 5.10 Å². The molecular formula is C17H19N3O2S. The number of hydrogen-bond donors (Lipinski definition) is 1. The van der Waals surface area contributed by atoms with E-state index in [0.29, 0.717) is 11.5 Å². The summed E-state index contributed by atoms with van der Waals surface area (Å²) in [5, 5.41) is 4.52. The second kappa shape index (κ2) is 6.83. The lowest BCUT2D eigenvalue weighted by Gasteiger charge is -2.26. The zero-order valence-electron chi connectivity index (χ0n) is 13.3. The van der Waals surface area contributed by atoms with E-state index in [9.17, 15) is 0 Å². The van der Waals surface area contributed by atoms with Crippen molar-refractivity contribution in [2.24, 2.45) is 5.10 Å². The van der Waals surface area contributed by atoms with Gasteiger partial charge in [-0.25, -0.2) is 0 Å². The second-order valence-electron chi connectivity index (χ2n) is 4.93. The van der Waals surface area contributed by atoms with Crippen LogP contribution in [0.4, 0.5) is 5.69 Å². The van der Waals surface area contributed by atoms with Gasteiger partial charge in [-0.3, -0.25) is 10.3 Å². The van der Waals surface area contributed by atoms with Crippen LogP contribution in [0.5, 0.6) is 11.5 Å². The number of hydrazone groups is 1. The van der Waals surface area contributed by atoms with E-state index in [1.54, 1.807) is 26.0 Å². The van der Waals surface area contributed by atoms with Crippen molar-refractivity contribution in [3.8, 4) is 11.5 Å². The van der Waals surface area contributed by atoms with Crippen LogP contribution in [-0.2, 0) is 0 Å². The average Bonchev–Trinajstić information content (AvgIpc) is 3.05. The Balaban J connectivity index is 2.01. The molecule has 2 aromatic rings. The fraction of sp³-hybridized carbons (Fsp3) is 0.235. The molecular weight excluding hydrogens is 310 g/mol. The van der Waals surface area contributed by atoms with Gasteiger partial charge >= 0.3 is 0 Å². The van der Waals surface area contributed by atoms with Crippen LogP contribution in [0.1, 0.15) is 5.56 Å². The van der Waals surface area contributed by atoms with Crippen LogP contribution in [0.25, 0.3) is 0 Å². The van der Waals surface area contributed by atoms with Gasteiger partial charge in [-0.05, 0) is 36.6 Å². The van der Waals surface area contributed by atoms with Crippen LogP contribution < -0.4 is 19.8 Å². The first-order valence-electron chi connectivity index (χ1n) is 7.21. The number of para-hydroxylation sites is 1. The third kappa shape index (κ3) is 2.94. The van der Waals surface area contributed by atoms with Gasteiger partial charge < -0.3 is 9.47 Å². The van der Waals surface area contributed by atoms with Gasteiger partial charge in [0.25, 0.3) is 0 Å². The number of amidine groups is 1. The van der Waals surface area contributed by atoms with Crippen molar-refractivity contribution in [3.63, 3.8) is 0 Å². The molecule has 0 fully saturated rings. The molecule has 2 aromatic carbocycles. The number of hydrogen-bond acceptors (Lipinski definition) is 6. The van der Waals surface area contributed by atoms with E-state index in [2.05, 4.69) is 33.8 Å². The van der Waals surface area contributed by atoms with Crippen molar-refractivity contribution in [3.05, 3.63) is 54.1 Å². The Kier molecular flexibility index (Phi) is 4.62. The Morgan fingerprint density at radius 2 is 1.78 bits per heavy atom. The molecule has 6 heteroatoms. The summed E-state index contributed by atoms with van der Waals surface area (Å²) in [5.41, 5.74) is 5.29. The van der Waals surface area contributed by atoms with E-state index in [4.69, 9.17) is 9.47 Å². The molecule has 1 N–H and O–H groups in total. The number of anilines is 1. The molecule has 1 aliphatic rings. The number of methoxy groups -OCH3 is 2. The molecule has 0 radical (unpaired) electrons. The summed E-state index contributed by atoms with van der Waals surface area (Å²) < 4.78 is 10.7. The molecule has 0 saturated carbocycles. The Morgan fingerprint density at radius 3 is 2.43 bits per heavy atom. The molecule has 5 nitrogen and oxygen atoms in total. The SMILES string of the molecule is COc1ccc(C2=NNC(SC)N2c2ccccc2)cc1OC. The molecule has 0 saturated heterocycles. The molecule has 3 rings (SSSR count). The van der Waals surface area contributed by atoms with Gasteiger partial charge in [0.15, 0.2) is 22.8 Å². The molecule has 0 bridgehead atoms. The Bertz CT molecular complexity index is 706. The molecule has 120 valence electrons. The third-order valence-corrected chi connectivity index (χ3v) is 4.41. The molecule has 0 aliphatic carbocycles. The van der Waals surface area contributed by atoms with E-state index in [1.165, 1.54) is 0 Å². The molecule has 1 heterocycles. The number of ether oxygens (including phenoxy) is 2. The van der Waals surface area contributed by atoms with Crippen LogP contribution in [-0.4, -0.2) is 31.8 Å². The van der Waals surface area contributed by atoms with Gasteiger partial charge in [-0.15, -0.1) is 11.8 Å². The molecule has 0 aromatic heterocycles.